The second-order valence-electron chi connectivity index (χ2n) is 4.86. The minimum absolute atomic E-state index is 0.0415. The van der Waals surface area contributed by atoms with Crippen LogP contribution >= 0.6 is 11.6 Å². The molecule has 0 aliphatic heterocycles. The number of carboxylic acid groups (broad SMARTS) is 1. The highest BCUT2D eigenvalue weighted by atomic mass is 35.5. The first kappa shape index (κ1) is 14.4. The molecule has 0 saturated carbocycles. The molecule has 0 unspecified atom stereocenters. The van der Waals surface area contributed by atoms with Gasteiger partial charge in [0.05, 0.1) is 5.56 Å². The molecule has 0 fully saturated rings. The van der Waals surface area contributed by atoms with Crippen molar-refractivity contribution in [1.82, 2.24) is 0 Å². The Morgan fingerprint density at radius 3 is 2.41 bits per heavy atom. The monoisotopic (exact) mass is 316 g/mol. The molecule has 0 saturated heterocycles. The number of carbonyl (C=O) groups is 1. The molecule has 3 nitrogen and oxygen atoms in total. The standard InChI is InChI=1S/C17H10ClFO3/c18-15-7-10(17(21)22)2-4-13(15)14-6-9-1-3-12(20)5-11(9)8-16(14)19/h1-8,20H,(H,21,22). The number of hydrogen-bond donors (Lipinski definition) is 2. The van der Waals surface area contributed by atoms with Gasteiger partial charge in [-0.3, -0.25) is 0 Å². The predicted octanol–water partition coefficient (Wildman–Crippen LogP) is 4.70. The lowest BCUT2D eigenvalue weighted by Gasteiger charge is -2.09. The van der Waals surface area contributed by atoms with Crippen LogP contribution in [0.2, 0.25) is 5.02 Å². The van der Waals surface area contributed by atoms with Crippen molar-refractivity contribution in [2.75, 3.05) is 0 Å². The molecule has 3 aromatic rings. The maximum Gasteiger partial charge on any atom is 0.335 e. The van der Waals surface area contributed by atoms with Crippen LogP contribution in [-0.4, -0.2) is 16.2 Å². The van der Waals surface area contributed by atoms with Crippen LogP contribution in [0.25, 0.3) is 21.9 Å². The normalized spacial score (nSPS) is 10.8. The van der Waals surface area contributed by atoms with E-state index >= 15 is 0 Å². The molecule has 0 bridgehead atoms. The van der Waals surface area contributed by atoms with Crippen LogP contribution in [0.3, 0.4) is 0 Å². The SMILES string of the molecule is O=C(O)c1ccc(-c2cc3ccc(O)cc3cc2F)c(Cl)c1. The lowest BCUT2D eigenvalue weighted by Crippen LogP contribution is -1.96. The number of phenols is 1. The molecular weight excluding hydrogens is 307 g/mol. The molecule has 110 valence electrons. The average Bonchev–Trinajstić information content (AvgIpc) is 2.46. The Labute approximate surface area is 130 Å². The molecule has 0 atom stereocenters. The van der Waals surface area contributed by atoms with Gasteiger partial charge >= 0.3 is 5.97 Å². The van der Waals surface area contributed by atoms with Crippen LogP contribution in [0.1, 0.15) is 10.4 Å². The maximum absolute atomic E-state index is 14.3. The lowest BCUT2D eigenvalue weighted by molar-refractivity contribution is 0.0697. The molecule has 3 aromatic carbocycles. The fourth-order valence-electron chi connectivity index (χ4n) is 2.33. The van der Waals surface area contributed by atoms with E-state index in [-0.39, 0.29) is 21.9 Å². The minimum atomic E-state index is -1.09. The molecule has 0 amide bonds. The number of benzene rings is 3. The first-order chi connectivity index (χ1) is 10.5. The lowest BCUT2D eigenvalue weighted by atomic mass is 9.99. The Hall–Kier alpha value is -2.59. The predicted molar refractivity (Wildman–Crippen MR) is 83.0 cm³/mol. The van der Waals surface area contributed by atoms with E-state index in [9.17, 15) is 14.3 Å². The van der Waals surface area contributed by atoms with Gasteiger partial charge < -0.3 is 10.2 Å². The van der Waals surface area contributed by atoms with Crippen molar-refractivity contribution >= 4 is 28.3 Å². The minimum Gasteiger partial charge on any atom is -0.508 e. The van der Waals surface area contributed by atoms with Gasteiger partial charge in [0.2, 0.25) is 0 Å². The molecule has 0 aliphatic carbocycles. The van der Waals surface area contributed by atoms with Gasteiger partial charge in [-0.1, -0.05) is 23.7 Å². The zero-order valence-corrected chi connectivity index (χ0v) is 11.9. The summed E-state index contributed by atoms with van der Waals surface area (Å²) in [7, 11) is 0. The van der Waals surface area contributed by atoms with Crippen molar-refractivity contribution in [2.24, 2.45) is 0 Å². The number of phenolic OH excluding ortho intramolecular Hbond substituents is 1. The van der Waals surface area contributed by atoms with Crippen molar-refractivity contribution in [3.63, 3.8) is 0 Å². The molecule has 5 heteroatoms. The van der Waals surface area contributed by atoms with Gasteiger partial charge in [-0.2, -0.15) is 0 Å². The van der Waals surface area contributed by atoms with Crippen molar-refractivity contribution in [3.05, 3.63) is 64.9 Å². The molecule has 0 radical (unpaired) electrons. The van der Waals surface area contributed by atoms with Crippen molar-refractivity contribution in [2.45, 2.75) is 0 Å². The smallest absolute Gasteiger partial charge is 0.335 e. The molecule has 0 spiro atoms. The Morgan fingerprint density at radius 2 is 1.73 bits per heavy atom. The number of aromatic carboxylic acids is 1. The van der Waals surface area contributed by atoms with Gasteiger partial charge in [0, 0.05) is 16.1 Å². The van der Waals surface area contributed by atoms with Crippen molar-refractivity contribution < 1.29 is 19.4 Å². The van der Waals surface area contributed by atoms with Gasteiger partial charge in [0.25, 0.3) is 0 Å². The fraction of sp³-hybridized carbons (Fsp3) is 0. The Balaban J connectivity index is 2.19. The largest absolute Gasteiger partial charge is 0.508 e. The third-order valence-electron chi connectivity index (χ3n) is 3.42. The van der Waals surface area contributed by atoms with Crippen LogP contribution in [0.4, 0.5) is 4.39 Å². The molecule has 0 aromatic heterocycles. The van der Waals surface area contributed by atoms with E-state index in [4.69, 9.17) is 16.7 Å². The summed E-state index contributed by atoms with van der Waals surface area (Å²) in [6, 6.07) is 11.7. The number of fused-ring (bicyclic) bond motifs is 1. The maximum atomic E-state index is 14.3. The second kappa shape index (κ2) is 5.31. The summed E-state index contributed by atoms with van der Waals surface area (Å²) in [5.74, 6) is -1.53. The summed E-state index contributed by atoms with van der Waals surface area (Å²) in [5.41, 5.74) is 0.735. The van der Waals surface area contributed by atoms with Crippen molar-refractivity contribution in [1.29, 1.82) is 0 Å². The van der Waals surface area contributed by atoms with Gasteiger partial charge in [-0.25, -0.2) is 9.18 Å². The average molecular weight is 317 g/mol. The molecular formula is C17H10ClFO3. The number of rotatable bonds is 2. The van der Waals surface area contributed by atoms with Crippen LogP contribution < -0.4 is 0 Å². The van der Waals surface area contributed by atoms with E-state index in [0.29, 0.717) is 10.9 Å². The Kier molecular flexibility index (Phi) is 3.47. The summed E-state index contributed by atoms with van der Waals surface area (Å²) in [4.78, 5) is 10.9. The third-order valence-corrected chi connectivity index (χ3v) is 3.73. The zero-order chi connectivity index (χ0) is 15.9. The second-order valence-corrected chi connectivity index (χ2v) is 5.27. The fourth-order valence-corrected chi connectivity index (χ4v) is 2.61. The third kappa shape index (κ3) is 2.49. The van der Waals surface area contributed by atoms with Crippen LogP contribution in [-0.2, 0) is 0 Å². The van der Waals surface area contributed by atoms with Crippen LogP contribution in [0, 0.1) is 5.82 Å². The molecule has 0 aliphatic rings. The summed E-state index contributed by atoms with van der Waals surface area (Å²) in [6.07, 6.45) is 0. The van der Waals surface area contributed by atoms with E-state index in [0.717, 1.165) is 5.39 Å². The summed E-state index contributed by atoms with van der Waals surface area (Å²) in [5, 5.41) is 19.8. The quantitative estimate of drug-likeness (QED) is 0.720. The first-order valence-corrected chi connectivity index (χ1v) is 6.79. The highest BCUT2D eigenvalue weighted by molar-refractivity contribution is 6.33. The highest BCUT2D eigenvalue weighted by Gasteiger charge is 2.13. The number of aromatic hydroxyl groups is 1. The number of carboxylic acids is 1. The van der Waals surface area contributed by atoms with Crippen molar-refractivity contribution in [3.8, 4) is 16.9 Å². The Bertz CT molecular complexity index is 906. The summed E-state index contributed by atoms with van der Waals surface area (Å²) in [6.45, 7) is 0. The Morgan fingerprint density at radius 1 is 0.955 bits per heavy atom. The number of hydrogen-bond acceptors (Lipinski definition) is 2. The van der Waals surface area contributed by atoms with Crippen LogP contribution in [0.15, 0.2) is 48.5 Å². The molecule has 0 heterocycles. The number of halogens is 2. The van der Waals surface area contributed by atoms with E-state index in [1.54, 1.807) is 12.1 Å². The molecule has 3 rings (SSSR count). The van der Waals surface area contributed by atoms with E-state index in [2.05, 4.69) is 0 Å². The van der Waals surface area contributed by atoms with Gasteiger partial charge in [0.15, 0.2) is 0 Å². The van der Waals surface area contributed by atoms with Gasteiger partial charge in [-0.05, 0) is 47.2 Å². The van der Waals surface area contributed by atoms with E-state index in [1.165, 1.54) is 36.4 Å². The topological polar surface area (TPSA) is 57.5 Å². The van der Waals surface area contributed by atoms with E-state index in [1.807, 2.05) is 0 Å². The first-order valence-electron chi connectivity index (χ1n) is 6.41. The summed E-state index contributed by atoms with van der Waals surface area (Å²) < 4.78 is 14.3. The van der Waals surface area contributed by atoms with Gasteiger partial charge in [0.1, 0.15) is 11.6 Å². The highest BCUT2D eigenvalue weighted by Crippen LogP contribution is 2.34. The molecule has 2 N–H and O–H groups in total. The zero-order valence-electron chi connectivity index (χ0n) is 11.2. The van der Waals surface area contributed by atoms with Gasteiger partial charge in [-0.15, -0.1) is 0 Å². The summed E-state index contributed by atoms with van der Waals surface area (Å²) >= 11 is 6.09. The van der Waals surface area contributed by atoms with Crippen LogP contribution in [0.5, 0.6) is 5.75 Å². The van der Waals surface area contributed by atoms with E-state index < -0.39 is 11.8 Å². The molecule has 22 heavy (non-hydrogen) atoms.